The SMILES string of the molecule is Cc1nnc(C2C[C@H](C(F)(F)F)C[C@@H](C)N2)o1. The quantitative estimate of drug-likeness (QED) is 0.830. The minimum absolute atomic E-state index is 0.0462. The Kier molecular flexibility index (Phi) is 3.11. The summed E-state index contributed by atoms with van der Waals surface area (Å²) in [5, 5.41) is 10.5. The maximum absolute atomic E-state index is 12.7. The number of halogens is 3. The Bertz CT molecular complexity index is 390. The third kappa shape index (κ3) is 2.77. The maximum atomic E-state index is 12.7. The predicted molar refractivity (Wildman–Crippen MR) is 53.2 cm³/mol. The summed E-state index contributed by atoms with van der Waals surface area (Å²) in [5.74, 6) is -0.706. The van der Waals surface area contributed by atoms with Gasteiger partial charge < -0.3 is 9.73 Å². The normalized spacial score (nSPS) is 30.5. The molecule has 0 amide bonds. The highest BCUT2D eigenvalue weighted by atomic mass is 19.4. The van der Waals surface area contributed by atoms with Crippen LogP contribution >= 0.6 is 0 Å². The van der Waals surface area contributed by atoms with Gasteiger partial charge in [0.15, 0.2) is 0 Å². The van der Waals surface area contributed by atoms with Gasteiger partial charge in [-0.25, -0.2) is 0 Å². The van der Waals surface area contributed by atoms with Crippen LogP contribution in [-0.2, 0) is 0 Å². The van der Waals surface area contributed by atoms with Crippen LogP contribution in [0.1, 0.15) is 37.6 Å². The summed E-state index contributed by atoms with van der Waals surface area (Å²) in [7, 11) is 0. The van der Waals surface area contributed by atoms with Crippen molar-refractivity contribution in [1.82, 2.24) is 15.5 Å². The first-order chi connectivity index (χ1) is 7.86. The largest absolute Gasteiger partial charge is 0.424 e. The van der Waals surface area contributed by atoms with Gasteiger partial charge in [0.25, 0.3) is 0 Å². The van der Waals surface area contributed by atoms with Crippen LogP contribution in [0.2, 0.25) is 0 Å². The summed E-state index contributed by atoms with van der Waals surface area (Å²) in [6.07, 6.45) is -4.12. The van der Waals surface area contributed by atoms with E-state index in [0.29, 0.717) is 5.89 Å². The highest BCUT2D eigenvalue weighted by Gasteiger charge is 2.45. The first-order valence-corrected chi connectivity index (χ1v) is 5.49. The summed E-state index contributed by atoms with van der Waals surface area (Å²) < 4.78 is 43.3. The first-order valence-electron chi connectivity index (χ1n) is 5.49. The van der Waals surface area contributed by atoms with Crippen molar-refractivity contribution in [3.8, 4) is 0 Å². The lowest BCUT2D eigenvalue weighted by atomic mass is 9.88. The third-order valence-electron chi connectivity index (χ3n) is 2.95. The van der Waals surface area contributed by atoms with Crippen LogP contribution in [0.4, 0.5) is 13.2 Å². The summed E-state index contributed by atoms with van der Waals surface area (Å²) in [5.41, 5.74) is 0. The molecular formula is C10H14F3N3O. The second-order valence-corrected chi connectivity index (χ2v) is 4.49. The molecule has 0 spiro atoms. The Morgan fingerprint density at radius 1 is 1.29 bits per heavy atom. The lowest BCUT2D eigenvalue weighted by Gasteiger charge is -2.33. The molecule has 1 aromatic heterocycles. The van der Waals surface area contributed by atoms with Crippen LogP contribution in [0, 0.1) is 12.8 Å². The van der Waals surface area contributed by atoms with Gasteiger partial charge in [0.2, 0.25) is 11.8 Å². The lowest BCUT2D eigenvalue weighted by Crippen LogP contribution is -2.43. The Morgan fingerprint density at radius 2 is 2.00 bits per heavy atom. The Morgan fingerprint density at radius 3 is 2.53 bits per heavy atom. The molecule has 0 bridgehead atoms. The van der Waals surface area contributed by atoms with Gasteiger partial charge in [-0.3, -0.25) is 0 Å². The van der Waals surface area contributed by atoms with E-state index in [1.165, 1.54) is 0 Å². The molecular weight excluding hydrogens is 235 g/mol. The molecule has 1 aliphatic rings. The highest BCUT2D eigenvalue weighted by molar-refractivity contribution is 4.96. The number of rotatable bonds is 1. The molecule has 0 saturated carbocycles. The summed E-state index contributed by atoms with van der Waals surface area (Å²) in [4.78, 5) is 0. The van der Waals surface area contributed by atoms with Crippen molar-refractivity contribution >= 4 is 0 Å². The number of hydrogen-bond acceptors (Lipinski definition) is 4. The molecule has 0 radical (unpaired) electrons. The average molecular weight is 249 g/mol. The zero-order valence-electron chi connectivity index (χ0n) is 9.58. The number of nitrogens with zero attached hydrogens (tertiary/aromatic N) is 2. The van der Waals surface area contributed by atoms with Gasteiger partial charge in [0.05, 0.1) is 12.0 Å². The van der Waals surface area contributed by atoms with E-state index in [2.05, 4.69) is 15.5 Å². The number of aromatic nitrogens is 2. The standard InChI is InChI=1S/C10H14F3N3O/c1-5-3-7(10(11,12)13)4-8(14-5)9-16-15-6(2)17-9/h5,7-8,14H,3-4H2,1-2H3/t5-,7-,8?/m1/s1. The molecule has 1 N–H and O–H groups in total. The Hall–Kier alpha value is -1.11. The van der Waals surface area contributed by atoms with E-state index in [1.54, 1.807) is 13.8 Å². The van der Waals surface area contributed by atoms with Crippen LogP contribution in [-0.4, -0.2) is 22.4 Å². The maximum Gasteiger partial charge on any atom is 0.391 e. The fraction of sp³-hybridized carbons (Fsp3) is 0.800. The number of aryl methyl sites for hydroxylation is 1. The zero-order chi connectivity index (χ0) is 12.6. The minimum Gasteiger partial charge on any atom is -0.424 e. The van der Waals surface area contributed by atoms with Gasteiger partial charge in [-0.2, -0.15) is 13.2 Å². The minimum atomic E-state index is -4.16. The molecule has 1 fully saturated rings. The molecule has 2 heterocycles. The van der Waals surface area contributed by atoms with Gasteiger partial charge in [-0.15, -0.1) is 10.2 Å². The van der Waals surface area contributed by atoms with Crippen LogP contribution in [0.3, 0.4) is 0 Å². The predicted octanol–water partition coefficient (Wildman–Crippen LogP) is 2.37. The number of piperidine rings is 1. The van der Waals surface area contributed by atoms with Crippen molar-refractivity contribution in [2.24, 2.45) is 5.92 Å². The number of alkyl halides is 3. The van der Waals surface area contributed by atoms with Gasteiger partial charge >= 0.3 is 6.18 Å². The van der Waals surface area contributed by atoms with Gasteiger partial charge in [-0.1, -0.05) is 0 Å². The smallest absolute Gasteiger partial charge is 0.391 e. The first kappa shape index (κ1) is 12.3. The third-order valence-corrected chi connectivity index (χ3v) is 2.95. The van der Waals surface area contributed by atoms with Crippen LogP contribution in [0.5, 0.6) is 0 Å². The fourth-order valence-electron chi connectivity index (χ4n) is 2.18. The van der Waals surface area contributed by atoms with E-state index in [9.17, 15) is 13.2 Å². The van der Waals surface area contributed by atoms with Crippen molar-refractivity contribution < 1.29 is 17.6 Å². The molecule has 96 valence electrons. The molecule has 4 nitrogen and oxygen atoms in total. The molecule has 1 aromatic rings. The van der Waals surface area contributed by atoms with Crippen molar-refractivity contribution in [1.29, 1.82) is 0 Å². The molecule has 7 heteroatoms. The molecule has 17 heavy (non-hydrogen) atoms. The average Bonchev–Trinajstić information content (AvgIpc) is 2.62. The van der Waals surface area contributed by atoms with E-state index in [0.717, 1.165) is 0 Å². The molecule has 1 saturated heterocycles. The molecule has 0 aliphatic carbocycles. The van der Waals surface area contributed by atoms with Crippen molar-refractivity contribution in [2.75, 3.05) is 0 Å². The zero-order valence-corrected chi connectivity index (χ0v) is 9.58. The second kappa shape index (κ2) is 4.29. The fourth-order valence-corrected chi connectivity index (χ4v) is 2.18. The number of nitrogens with one attached hydrogen (secondary N) is 1. The van der Waals surface area contributed by atoms with E-state index in [4.69, 9.17) is 4.42 Å². The molecule has 1 aliphatic heterocycles. The Balaban J connectivity index is 2.14. The van der Waals surface area contributed by atoms with Crippen LogP contribution < -0.4 is 5.32 Å². The highest BCUT2D eigenvalue weighted by Crippen LogP contribution is 2.39. The van der Waals surface area contributed by atoms with Gasteiger partial charge in [0, 0.05) is 13.0 Å². The Labute approximate surface area is 96.6 Å². The summed E-state index contributed by atoms with van der Waals surface area (Å²) >= 11 is 0. The number of hydrogen-bond donors (Lipinski definition) is 1. The molecule has 0 aromatic carbocycles. The monoisotopic (exact) mass is 249 g/mol. The molecule has 1 unspecified atom stereocenters. The van der Waals surface area contributed by atoms with Crippen molar-refractivity contribution in [2.45, 2.75) is 44.9 Å². The summed E-state index contributed by atoms with van der Waals surface area (Å²) in [6, 6.07) is -0.723. The van der Waals surface area contributed by atoms with Crippen LogP contribution in [0.25, 0.3) is 0 Å². The van der Waals surface area contributed by atoms with Crippen molar-refractivity contribution in [3.63, 3.8) is 0 Å². The molecule has 3 atom stereocenters. The van der Waals surface area contributed by atoms with E-state index in [1.807, 2.05) is 0 Å². The van der Waals surface area contributed by atoms with Gasteiger partial charge in [0.1, 0.15) is 0 Å². The van der Waals surface area contributed by atoms with E-state index < -0.39 is 18.1 Å². The van der Waals surface area contributed by atoms with E-state index >= 15 is 0 Å². The second-order valence-electron chi connectivity index (χ2n) is 4.49. The van der Waals surface area contributed by atoms with Gasteiger partial charge in [-0.05, 0) is 19.8 Å². The van der Waals surface area contributed by atoms with E-state index in [-0.39, 0.29) is 24.8 Å². The lowest BCUT2D eigenvalue weighted by molar-refractivity contribution is -0.186. The topological polar surface area (TPSA) is 51.0 Å². The van der Waals surface area contributed by atoms with Crippen molar-refractivity contribution in [3.05, 3.63) is 11.8 Å². The summed E-state index contributed by atoms with van der Waals surface area (Å²) in [6.45, 7) is 3.35. The van der Waals surface area contributed by atoms with Crippen LogP contribution in [0.15, 0.2) is 4.42 Å². The molecule has 2 rings (SSSR count).